The van der Waals surface area contributed by atoms with Gasteiger partial charge in [-0.15, -0.1) is 11.3 Å². The molecule has 0 saturated heterocycles. The molecule has 1 amide bonds. The van der Waals surface area contributed by atoms with Gasteiger partial charge in [0.1, 0.15) is 6.04 Å². The molecule has 1 rings (SSSR count). The number of nitrogens with two attached hydrogens (primary N) is 1. The Balaban J connectivity index is 2.31. The lowest BCUT2D eigenvalue weighted by atomic mass is 10.0. The molecule has 0 saturated carbocycles. The lowest BCUT2D eigenvalue weighted by Gasteiger charge is -2.17. The van der Waals surface area contributed by atoms with E-state index in [9.17, 15) is 4.79 Å². The molecular weight excluding hydrogens is 244 g/mol. The fourth-order valence-electron chi connectivity index (χ4n) is 1.83. The van der Waals surface area contributed by atoms with Crippen molar-refractivity contribution in [3.8, 4) is 0 Å². The van der Waals surface area contributed by atoms with E-state index in [1.165, 1.54) is 17.8 Å². The van der Waals surface area contributed by atoms with Gasteiger partial charge in [-0.05, 0) is 30.7 Å². The lowest BCUT2D eigenvalue weighted by molar-refractivity contribution is -0.123. The van der Waals surface area contributed by atoms with Crippen molar-refractivity contribution in [2.24, 2.45) is 11.7 Å². The Morgan fingerprint density at radius 1 is 1.39 bits per heavy atom. The summed E-state index contributed by atoms with van der Waals surface area (Å²) in [5, 5.41) is 4.92. The SMILES string of the molecule is CC(C)CCCC(C)NC(=O)C(N)c1cccs1. The summed E-state index contributed by atoms with van der Waals surface area (Å²) in [6.07, 6.45) is 3.37. The maximum absolute atomic E-state index is 11.9. The zero-order valence-corrected chi connectivity index (χ0v) is 12.3. The van der Waals surface area contributed by atoms with Gasteiger partial charge in [-0.2, -0.15) is 0 Å². The van der Waals surface area contributed by atoms with E-state index in [0.717, 1.165) is 23.6 Å². The van der Waals surface area contributed by atoms with Crippen LogP contribution < -0.4 is 11.1 Å². The molecule has 0 aromatic carbocycles. The van der Waals surface area contributed by atoms with Crippen molar-refractivity contribution >= 4 is 17.2 Å². The zero-order chi connectivity index (χ0) is 13.5. The highest BCUT2D eigenvalue weighted by atomic mass is 32.1. The lowest BCUT2D eigenvalue weighted by Crippen LogP contribution is -2.39. The largest absolute Gasteiger partial charge is 0.352 e. The Bertz CT molecular complexity index is 349. The molecule has 2 unspecified atom stereocenters. The second kappa shape index (κ2) is 7.54. The van der Waals surface area contributed by atoms with Crippen LogP contribution in [0.1, 0.15) is 51.0 Å². The number of carbonyl (C=O) groups excluding carboxylic acids is 1. The molecule has 4 heteroatoms. The minimum atomic E-state index is -0.530. The van der Waals surface area contributed by atoms with E-state index in [0.29, 0.717) is 0 Å². The van der Waals surface area contributed by atoms with Crippen LogP contribution in [0.3, 0.4) is 0 Å². The molecular formula is C14H24N2OS. The molecule has 2 atom stereocenters. The summed E-state index contributed by atoms with van der Waals surface area (Å²) in [5.41, 5.74) is 5.91. The van der Waals surface area contributed by atoms with Crippen LogP contribution in [-0.4, -0.2) is 11.9 Å². The summed E-state index contributed by atoms with van der Waals surface area (Å²) in [6, 6.07) is 3.48. The van der Waals surface area contributed by atoms with Crippen molar-refractivity contribution in [1.82, 2.24) is 5.32 Å². The van der Waals surface area contributed by atoms with Crippen molar-refractivity contribution in [2.75, 3.05) is 0 Å². The first kappa shape index (κ1) is 15.2. The average Bonchev–Trinajstić information content (AvgIpc) is 2.80. The smallest absolute Gasteiger partial charge is 0.242 e. The summed E-state index contributed by atoms with van der Waals surface area (Å²) in [5.74, 6) is 0.649. The monoisotopic (exact) mass is 268 g/mol. The van der Waals surface area contributed by atoms with Crippen LogP contribution >= 0.6 is 11.3 Å². The second-order valence-electron chi connectivity index (χ2n) is 5.23. The van der Waals surface area contributed by atoms with E-state index < -0.39 is 6.04 Å². The quantitative estimate of drug-likeness (QED) is 0.798. The maximum atomic E-state index is 11.9. The van der Waals surface area contributed by atoms with Crippen LogP contribution in [-0.2, 0) is 4.79 Å². The number of amides is 1. The Hall–Kier alpha value is -0.870. The van der Waals surface area contributed by atoms with Gasteiger partial charge in [0.25, 0.3) is 0 Å². The van der Waals surface area contributed by atoms with E-state index >= 15 is 0 Å². The molecule has 3 N–H and O–H groups in total. The van der Waals surface area contributed by atoms with Crippen molar-refractivity contribution in [1.29, 1.82) is 0 Å². The summed E-state index contributed by atoms with van der Waals surface area (Å²) in [4.78, 5) is 12.8. The molecule has 3 nitrogen and oxygen atoms in total. The topological polar surface area (TPSA) is 55.1 Å². The van der Waals surface area contributed by atoms with Crippen LogP contribution in [0.2, 0.25) is 0 Å². The van der Waals surface area contributed by atoms with Gasteiger partial charge in [0.2, 0.25) is 5.91 Å². The molecule has 102 valence electrons. The Morgan fingerprint density at radius 3 is 2.67 bits per heavy atom. The molecule has 0 radical (unpaired) electrons. The average molecular weight is 268 g/mol. The summed E-state index contributed by atoms with van der Waals surface area (Å²) >= 11 is 1.52. The first-order chi connectivity index (χ1) is 8.50. The maximum Gasteiger partial charge on any atom is 0.242 e. The van der Waals surface area contributed by atoms with Gasteiger partial charge in [0, 0.05) is 10.9 Å². The fourth-order valence-corrected chi connectivity index (χ4v) is 2.56. The number of hydrogen-bond donors (Lipinski definition) is 2. The predicted octanol–water partition coefficient (Wildman–Crippen LogP) is 3.08. The minimum absolute atomic E-state index is 0.0745. The Labute approximate surface area is 114 Å². The molecule has 0 fully saturated rings. The number of hydrogen-bond acceptors (Lipinski definition) is 3. The number of thiophene rings is 1. The van der Waals surface area contributed by atoms with Crippen LogP contribution in [0.25, 0.3) is 0 Å². The molecule has 0 bridgehead atoms. The Morgan fingerprint density at radius 2 is 2.11 bits per heavy atom. The molecule has 18 heavy (non-hydrogen) atoms. The van der Waals surface area contributed by atoms with E-state index in [-0.39, 0.29) is 11.9 Å². The predicted molar refractivity (Wildman–Crippen MR) is 77.5 cm³/mol. The molecule has 1 aromatic heterocycles. The van der Waals surface area contributed by atoms with Gasteiger partial charge in [-0.1, -0.05) is 32.8 Å². The summed E-state index contributed by atoms with van der Waals surface area (Å²) in [6.45, 7) is 6.48. The molecule has 1 aromatic rings. The van der Waals surface area contributed by atoms with Gasteiger partial charge >= 0.3 is 0 Å². The van der Waals surface area contributed by atoms with Gasteiger partial charge in [-0.25, -0.2) is 0 Å². The third kappa shape index (κ3) is 5.19. The second-order valence-corrected chi connectivity index (χ2v) is 6.21. The van der Waals surface area contributed by atoms with Crippen LogP contribution in [0.15, 0.2) is 17.5 Å². The van der Waals surface area contributed by atoms with Gasteiger partial charge in [0.15, 0.2) is 0 Å². The zero-order valence-electron chi connectivity index (χ0n) is 11.5. The first-order valence-corrected chi connectivity index (χ1v) is 7.48. The third-order valence-corrected chi connectivity index (χ3v) is 3.89. The van der Waals surface area contributed by atoms with Crippen molar-refractivity contribution < 1.29 is 4.79 Å². The molecule has 0 aliphatic carbocycles. The van der Waals surface area contributed by atoms with E-state index in [1.807, 2.05) is 24.4 Å². The van der Waals surface area contributed by atoms with E-state index in [4.69, 9.17) is 5.73 Å². The summed E-state index contributed by atoms with van der Waals surface area (Å²) < 4.78 is 0. The third-order valence-electron chi connectivity index (χ3n) is 2.94. The van der Waals surface area contributed by atoms with Gasteiger partial charge in [-0.3, -0.25) is 4.79 Å². The number of nitrogens with one attached hydrogen (secondary N) is 1. The fraction of sp³-hybridized carbons (Fsp3) is 0.643. The highest BCUT2D eigenvalue weighted by molar-refractivity contribution is 7.10. The van der Waals surface area contributed by atoms with Crippen LogP contribution in [0.4, 0.5) is 0 Å². The molecule has 0 aliphatic heterocycles. The van der Waals surface area contributed by atoms with Crippen molar-refractivity contribution in [3.05, 3.63) is 22.4 Å². The van der Waals surface area contributed by atoms with E-state index in [2.05, 4.69) is 19.2 Å². The highest BCUT2D eigenvalue weighted by Gasteiger charge is 2.18. The van der Waals surface area contributed by atoms with Crippen LogP contribution in [0, 0.1) is 5.92 Å². The van der Waals surface area contributed by atoms with Crippen LogP contribution in [0.5, 0.6) is 0 Å². The number of carbonyl (C=O) groups is 1. The summed E-state index contributed by atoms with van der Waals surface area (Å²) in [7, 11) is 0. The van der Waals surface area contributed by atoms with E-state index in [1.54, 1.807) is 0 Å². The highest BCUT2D eigenvalue weighted by Crippen LogP contribution is 2.17. The van der Waals surface area contributed by atoms with Gasteiger partial charge in [0.05, 0.1) is 0 Å². The standard InChI is InChI=1S/C14H24N2OS/c1-10(2)6-4-7-11(3)16-14(17)13(15)12-8-5-9-18-12/h5,8-11,13H,4,6-7,15H2,1-3H3,(H,16,17). The Kier molecular flexibility index (Phi) is 6.36. The van der Waals surface area contributed by atoms with Crippen molar-refractivity contribution in [3.63, 3.8) is 0 Å². The minimum Gasteiger partial charge on any atom is -0.352 e. The van der Waals surface area contributed by atoms with Crippen molar-refractivity contribution in [2.45, 2.75) is 52.1 Å². The normalized spacial score (nSPS) is 14.5. The molecule has 0 aliphatic rings. The molecule has 0 spiro atoms. The van der Waals surface area contributed by atoms with Gasteiger partial charge < -0.3 is 11.1 Å². The molecule has 1 heterocycles. The first-order valence-electron chi connectivity index (χ1n) is 6.60. The number of rotatable bonds is 7.